The fraction of sp³-hybridized carbons (Fsp3) is 0.233. The Morgan fingerprint density at radius 2 is 1.73 bits per heavy atom. The third-order valence-electron chi connectivity index (χ3n) is 6.94. The molecule has 9 nitrogen and oxygen atoms in total. The van der Waals surface area contributed by atoms with Gasteiger partial charge in [-0.2, -0.15) is 0 Å². The van der Waals surface area contributed by atoms with Crippen molar-refractivity contribution < 1.29 is 13.9 Å². The summed E-state index contributed by atoms with van der Waals surface area (Å²) >= 11 is 0. The minimum atomic E-state index is -0.692. The number of methoxy groups -OCH3 is 1. The second-order valence-electron chi connectivity index (χ2n) is 9.39. The molecule has 1 aromatic heterocycles. The van der Waals surface area contributed by atoms with Crippen LogP contribution < -0.4 is 32.4 Å². The summed E-state index contributed by atoms with van der Waals surface area (Å²) in [6.45, 7) is 5.14. The third kappa shape index (κ3) is 5.58. The molecule has 0 aliphatic heterocycles. The van der Waals surface area contributed by atoms with Crippen molar-refractivity contribution in [2.24, 2.45) is 12.8 Å². The maximum Gasteiger partial charge on any atom is 0.328 e. The first-order chi connectivity index (χ1) is 19.2. The lowest BCUT2D eigenvalue weighted by Crippen LogP contribution is -2.37. The number of aromatic amines is 1. The molecule has 0 fully saturated rings. The number of nitrogens with two attached hydrogens (primary N) is 1. The number of halogens is 1. The van der Waals surface area contributed by atoms with Crippen LogP contribution in [0.1, 0.15) is 27.0 Å². The van der Waals surface area contributed by atoms with Crippen molar-refractivity contribution in [3.05, 3.63) is 104 Å². The monoisotopic (exact) mass is 545 g/mol. The van der Waals surface area contributed by atoms with Crippen LogP contribution in [0.15, 0.2) is 64.3 Å². The molecule has 4 rings (SSSR count). The zero-order valence-corrected chi connectivity index (χ0v) is 22.9. The molecule has 3 aromatic carbocycles. The van der Waals surface area contributed by atoms with E-state index in [1.165, 1.54) is 20.2 Å². The van der Waals surface area contributed by atoms with Crippen molar-refractivity contribution in [3.63, 3.8) is 0 Å². The second kappa shape index (κ2) is 12.1. The minimum absolute atomic E-state index is 0.178. The van der Waals surface area contributed by atoms with Gasteiger partial charge in [0, 0.05) is 44.1 Å². The van der Waals surface area contributed by atoms with Crippen LogP contribution in [-0.2, 0) is 13.6 Å². The van der Waals surface area contributed by atoms with E-state index in [0.717, 1.165) is 38.6 Å². The number of carbonyl (C=O) groups is 1. The first-order valence-corrected chi connectivity index (χ1v) is 12.7. The van der Waals surface area contributed by atoms with E-state index in [4.69, 9.17) is 10.5 Å². The summed E-state index contributed by atoms with van der Waals surface area (Å²) in [6, 6.07) is 14.6. The number of amides is 1. The summed E-state index contributed by atoms with van der Waals surface area (Å²) in [4.78, 5) is 39.4. The van der Waals surface area contributed by atoms with E-state index >= 15 is 4.39 Å². The Morgan fingerprint density at radius 1 is 1.05 bits per heavy atom. The van der Waals surface area contributed by atoms with Gasteiger partial charge in [-0.15, -0.1) is 0 Å². The summed E-state index contributed by atoms with van der Waals surface area (Å²) in [5, 5.41) is 5.89. The molecular formula is C30H32FN5O4. The highest BCUT2D eigenvalue weighted by Gasteiger charge is 2.18. The zero-order valence-electron chi connectivity index (χ0n) is 22.9. The zero-order chi connectivity index (χ0) is 29.0. The lowest BCUT2D eigenvalue weighted by molar-refractivity contribution is 0.102. The van der Waals surface area contributed by atoms with Crippen molar-refractivity contribution >= 4 is 11.6 Å². The van der Waals surface area contributed by atoms with Crippen LogP contribution in [0, 0.1) is 19.7 Å². The van der Waals surface area contributed by atoms with Crippen molar-refractivity contribution in [2.45, 2.75) is 20.4 Å². The highest BCUT2D eigenvalue weighted by atomic mass is 19.1. The molecule has 0 aliphatic rings. The van der Waals surface area contributed by atoms with Gasteiger partial charge in [0.2, 0.25) is 0 Å². The highest BCUT2D eigenvalue weighted by Crippen LogP contribution is 2.37. The first-order valence-electron chi connectivity index (χ1n) is 12.7. The molecule has 0 spiro atoms. The Hall–Kier alpha value is -4.54. The minimum Gasteiger partial charge on any atom is -0.496 e. The molecule has 1 amide bonds. The predicted molar refractivity (Wildman–Crippen MR) is 154 cm³/mol. The number of benzene rings is 3. The number of rotatable bonds is 9. The van der Waals surface area contributed by atoms with Crippen LogP contribution in [-0.4, -0.2) is 35.7 Å². The molecule has 0 saturated carbocycles. The van der Waals surface area contributed by atoms with Gasteiger partial charge >= 0.3 is 5.69 Å². The van der Waals surface area contributed by atoms with Crippen LogP contribution >= 0.6 is 0 Å². The van der Waals surface area contributed by atoms with Crippen LogP contribution in [0.25, 0.3) is 22.3 Å². The van der Waals surface area contributed by atoms with Gasteiger partial charge in [-0.05, 0) is 65.4 Å². The molecule has 0 radical (unpaired) electrons. The number of ether oxygens (including phenoxy) is 1. The standard InChI is InChI=1S/C30H32FN5O4/c1-17-20(19-13-25(31)23(15-33-12-11-32)27(14-19)40-4)7-5-8-21(17)22-9-6-10-26(18(22)2)35-28(37)24-16-34-30(39)36(3)29(24)38/h5-10,13-14,16,33H,11-12,15,32H2,1-4H3,(H,34,39)(H,35,37). The van der Waals surface area contributed by atoms with Gasteiger partial charge in [-0.1, -0.05) is 30.3 Å². The Balaban J connectivity index is 1.71. The number of anilines is 1. The van der Waals surface area contributed by atoms with Gasteiger partial charge < -0.3 is 26.1 Å². The summed E-state index contributed by atoms with van der Waals surface area (Å²) in [5.41, 5.74) is 9.98. The number of nitrogens with zero attached hydrogens (tertiary/aromatic N) is 1. The molecule has 10 heteroatoms. The second-order valence-corrected chi connectivity index (χ2v) is 9.39. The Morgan fingerprint density at radius 3 is 2.42 bits per heavy atom. The predicted octanol–water partition coefficient (Wildman–Crippen LogP) is 3.47. The summed E-state index contributed by atoms with van der Waals surface area (Å²) < 4.78 is 21.5. The average molecular weight is 546 g/mol. The average Bonchev–Trinajstić information content (AvgIpc) is 2.94. The largest absolute Gasteiger partial charge is 0.496 e. The molecule has 1 heterocycles. The van der Waals surface area contributed by atoms with Crippen LogP contribution in [0.5, 0.6) is 5.75 Å². The Labute approximate surface area is 230 Å². The Kier molecular flexibility index (Phi) is 8.61. The highest BCUT2D eigenvalue weighted by molar-refractivity contribution is 6.04. The van der Waals surface area contributed by atoms with Crippen molar-refractivity contribution in [2.75, 3.05) is 25.5 Å². The molecule has 208 valence electrons. The number of aromatic nitrogens is 2. The van der Waals surface area contributed by atoms with E-state index in [1.54, 1.807) is 12.1 Å². The van der Waals surface area contributed by atoms with Gasteiger partial charge in [0.25, 0.3) is 11.5 Å². The van der Waals surface area contributed by atoms with Gasteiger partial charge in [0.15, 0.2) is 0 Å². The summed E-state index contributed by atoms with van der Waals surface area (Å²) in [7, 11) is 2.81. The van der Waals surface area contributed by atoms with Gasteiger partial charge in [0.05, 0.1) is 7.11 Å². The third-order valence-corrected chi connectivity index (χ3v) is 6.94. The van der Waals surface area contributed by atoms with E-state index in [0.29, 0.717) is 42.2 Å². The summed E-state index contributed by atoms with van der Waals surface area (Å²) in [5.74, 6) is -0.567. The number of nitrogens with one attached hydrogen (secondary N) is 3. The maximum atomic E-state index is 15.2. The molecule has 0 atom stereocenters. The fourth-order valence-electron chi connectivity index (χ4n) is 4.66. The topological polar surface area (TPSA) is 131 Å². The van der Waals surface area contributed by atoms with Gasteiger partial charge in [0.1, 0.15) is 17.1 Å². The van der Waals surface area contributed by atoms with Crippen molar-refractivity contribution in [1.29, 1.82) is 0 Å². The SMILES string of the molecule is COc1cc(-c2cccc(-c3cccc(NC(=O)c4c[nH]c(=O)n(C)c4=O)c3C)c2C)cc(F)c1CNCCN. The van der Waals surface area contributed by atoms with Crippen LogP contribution in [0.3, 0.4) is 0 Å². The lowest BCUT2D eigenvalue weighted by atomic mass is 9.90. The van der Waals surface area contributed by atoms with Crippen molar-refractivity contribution in [1.82, 2.24) is 14.9 Å². The van der Waals surface area contributed by atoms with Crippen LogP contribution in [0.2, 0.25) is 0 Å². The number of hydrogen-bond donors (Lipinski definition) is 4. The normalized spacial score (nSPS) is 10.9. The van der Waals surface area contributed by atoms with Crippen molar-refractivity contribution in [3.8, 4) is 28.0 Å². The number of carbonyl (C=O) groups excluding carboxylic acids is 1. The fourth-order valence-corrected chi connectivity index (χ4v) is 4.66. The smallest absolute Gasteiger partial charge is 0.328 e. The molecule has 0 unspecified atom stereocenters. The molecule has 4 aromatic rings. The summed E-state index contributed by atoms with van der Waals surface area (Å²) in [6.07, 6.45) is 1.11. The quantitative estimate of drug-likeness (QED) is 0.238. The first kappa shape index (κ1) is 28.5. The van der Waals surface area contributed by atoms with Gasteiger partial charge in [-0.3, -0.25) is 14.2 Å². The molecule has 0 bridgehead atoms. The molecule has 5 N–H and O–H groups in total. The maximum absolute atomic E-state index is 15.2. The van der Waals surface area contributed by atoms with E-state index in [9.17, 15) is 14.4 Å². The van der Waals surface area contributed by atoms with Crippen LogP contribution in [0.4, 0.5) is 10.1 Å². The lowest BCUT2D eigenvalue weighted by Gasteiger charge is -2.18. The number of H-pyrrole nitrogens is 1. The molecular weight excluding hydrogens is 513 g/mol. The van der Waals surface area contributed by atoms with E-state index in [2.05, 4.69) is 15.6 Å². The molecule has 0 aliphatic carbocycles. The molecule has 40 heavy (non-hydrogen) atoms. The molecule has 0 saturated heterocycles. The van der Waals surface area contributed by atoms with E-state index in [1.807, 2.05) is 44.2 Å². The van der Waals surface area contributed by atoms with Gasteiger partial charge in [-0.25, -0.2) is 9.18 Å². The van der Waals surface area contributed by atoms with E-state index < -0.39 is 17.2 Å². The van der Waals surface area contributed by atoms with E-state index in [-0.39, 0.29) is 11.4 Å². The number of hydrogen-bond acceptors (Lipinski definition) is 6. The Bertz CT molecular complexity index is 1690.